The van der Waals surface area contributed by atoms with Crippen LogP contribution in [0.5, 0.6) is 0 Å². The average Bonchev–Trinajstić information content (AvgIpc) is 2.41. The first-order valence-corrected chi connectivity index (χ1v) is 5.99. The van der Waals surface area contributed by atoms with Crippen molar-refractivity contribution in [2.24, 2.45) is 11.7 Å². The van der Waals surface area contributed by atoms with Gasteiger partial charge in [-0.2, -0.15) is 0 Å². The SMILES string of the molecule is CCC(CC)C(=O)N1CC(N)CC1(C)C. The first-order valence-electron chi connectivity index (χ1n) is 5.99. The lowest BCUT2D eigenvalue weighted by Crippen LogP contribution is -2.45. The normalized spacial score (nSPS) is 24.9. The Hall–Kier alpha value is -0.570. The minimum absolute atomic E-state index is 0.0565. The lowest BCUT2D eigenvalue weighted by molar-refractivity contribution is -0.139. The van der Waals surface area contributed by atoms with Crippen LogP contribution in [0.25, 0.3) is 0 Å². The number of nitrogens with zero attached hydrogens (tertiary/aromatic N) is 1. The summed E-state index contributed by atoms with van der Waals surface area (Å²) in [5.74, 6) is 0.465. The maximum atomic E-state index is 12.2. The summed E-state index contributed by atoms with van der Waals surface area (Å²) in [5, 5.41) is 0. The van der Waals surface area contributed by atoms with Crippen LogP contribution in [0.15, 0.2) is 0 Å². The minimum atomic E-state index is -0.0565. The molecule has 1 fully saturated rings. The van der Waals surface area contributed by atoms with E-state index >= 15 is 0 Å². The van der Waals surface area contributed by atoms with Gasteiger partial charge in [0.1, 0.15) is 0 Å². The van der Waals surface area contributed by atoms with E-state index in [1.807, 2.05) is 4.90 Å². The highest BCUT2D eigenvalue weighted by atomic mass is 16.2. The van der Waals surface area contributed by atoms with Gasteiger partial charge in [0.15, 0.2) is 0 Å². The summed E-state index contributed by atoms with van der Waals surface area (Å²) in [4.78, 5) is 14.2. The van der Waals surface area contributed by atoms with Crippen LogP contribution < -0.4 is 5.73 Å². The van der Waals surface area contributed by atoms with Crippen molar-refractivity contribution >= 4 is 5.91 Å². The van der Waals surface area contributed by atoms with E-state index in [9.17, 15) is 4.79 Å². The van der Waals surface area contributed by atoms with Crippen molar-refractivity contribution in [2.45, 2.75) is 58.5 Å². The van der Waals surface area contributed by atoms with Gasteiger partial charge in [-0.1, -0.05) is 13.8 Å². The predicted molar refractivity (Wildman–Crippen MR) is 62.5 cm³/mol. The highest BCUT2D eigenvalue weighted by Crippen LogP contribution is 2.30. The van der Waals surface area contributed by atoms with Gasteiger partial charge < -0.3 is 10.6 Å². The van der Waals surface area contributed by atoms with Crippen LogP contribution in [0.1, 0.15) is 47.0 Å². The Morgan fingerprint density at radius 1 is 1.47 bits per heavy atom. The summed E-state index contributed by atoms with van der Waals surface area (Å²) in [7, 11) is 0. The van der Waals surface area contributed by atoms with Gasteiger partial charge in [-0.05, 0) is 33.1 Å². The van der Waals surface area contributed by atoms with E-state index in [2.05, 4.69) is 27.7 Å². The number of likely N-dealkylation sites (tertiary alicyclic amines) is 1. The van der Waals surface area contributed by atoms with Gasteiger partial charge in [-0.25, -0.2) is 0 Å². The monoisotopic (exact) mass is 212 g/mol. The third-order valence-corrected chi connectivity index (χ3v) is 3.51. The third-order valence-electron chi connectivity index (χ3n) is 3.51. The number of carbonyl (C=O) groups is 1. The first kappa shape index (κ1) is 12.5. The standard InChI is InChI=1S/C12H24N2O/c1-5-9(6-2)11(15)14-8-10(13)7-12(14,3)4/h9-10H,5-8,13H2,1-4H3. The van der Waals surface area contributed by atoms with E-state index in [0.717, 1.165) is 25.8 Å². The second-order valence-electron chi connectivity index (χ2n) is 5.24. The molecule has 1 amide bonds. The zero-order valence-corrected chi connectivity index (χ0v) is 10.4. The topological polar surface area (TPSA) is 46.3 Å². The van der Waals surface area contributed by atoms with E-state index in [-0.39, 0.29) is 23.4 Å². The summed E-state index contributed by atoms with van der Waals surface area (Å²) >= 11 is 0. The summed E-state index contributed by atoms with van der Waals surface area (Å²) in [6.07, 6.45) is 2.77. The second-order valence-corrected chi connectivity index (χ2v) is 5.24. The Morgan fingerprint density at radius 2 is 2.00 bits per heavy atom. The molecule has 1 aliphatic heterocycles. The number of carbonyl (C=O) groups excluding carboxylic acids is 1. The molecule has 1 saturated heterocycles. The molecule has 0 aliphatic carbocycles. The van der Waals surface area contributed by atoms with E-state index in [0.29, 0.717) is 0 Å². The molecule has 0 radical (unpaired) electrons. The van der Waals surface area contributed by atoms with Crippen LogP contribution in [-0.4, -0.2) is 28.9 Å². The molecule has 3 nitrogen and oxygen atoms in total. The first-order chi connectivity index (χ1) is 6.92. The van der Waals surface area contributed by atoms with Crippen LogP contribution in [0.4, 0.5) is 0 Å². The van der Waals surface area contributed by atoms with Crippen molar-refractivity contribution < 1.29 is 4.79 Å². The van der Waals surface area contributed by atoms with E-state index < -0.39 is 0 Å². The maximum Gasteiger partial charge on any atom is 0.226 e. The molecule has 0 aromatic rings. The molecule has 1 aliphatic rings. The molecule has 88 valence electrons. The zero-order chi connectivity index (χ0) is 11.6. The quantitative estimate of drug-likeness (QED) is 0.775. The highest BCUT2D eigenvalue weighted by molar-refractivity contribution is 5.80. The van der Waals surface area contributed by atoms with Crippen LogP contribution in [0.3, 0.4) is 0 Å². The largest absolute Gasteiger partial charge is 0.336 e. The highest BCUT2D eigenvalue weighted by Gasteiger charge is 2.40. The van der Waals surface area contributed by atoms with Gasteiger partial charge in [-0.15, -0.1) is 0 Å². The fourth-order valence-corrected chi connectivity index (χ4v) is 2.54. The third kappa shape index (κ3) is 2.51. The molecule has 0 aromatic heterocycles. The molecule has 0 spiro atoms. The van der Waals surface area contributed by atoms with Crippen molar-refractivity contribution in [1.82, 2.24) is 4.90 Å². The molecule has 15 heavy (non-hydrogen) atoms. The van der Waals surface area contributed by atoms with Gasteiger partial charge in [-0.3, -0.25) is 4.79 Å². The van der Waals surface area contributed by atoms with Crippen molar-refractivity contribution in [3.8, 4) is 0 Å². The Bertz CT molecular complexity index is 234. The number of rotatable bonds is 3. The predicted octanol–water partition coefficient (Wildman–Crippen LogP) is 1.76. The molecule has 3 heteroatoms. The molecule has 0 aromatic carbocycles. The minimum Gasteiger partial charge on any atom is -0.336 e. The summed E-state index contributed by atoms with van der Waals surface area (Å²) < 4.78 is 0. The van der Waals surface area contributed by atoms with Gasteiger partial charge in [0.25, 0.3) is 0 Å². The Balaban J connectivity index is 2.75. The smallest absolute Gasteiger partial charge is 0.226 e. The van der Waals surface area contributed by atoms with E-state index in [1.165, 1.54) is 0 Å². The molecule has 1 unspecified atom stereocenters. The molecule has 2 N–H and O–H groups in total. The lowest BCUT2D eigenvalue weighted by atomic mass is 9.97. The van der Waals surface area contributed by atoms with E-state index in [1.54, 1.807) is 0 Å². The van der Waals surface area contributed by atoms with Crippen molar-refractivity contribution in [3.63, 3.8) is 0 Å². The Kier molecular flexibility index (Phi) is 3.77. The molecular weight excluding hydrogens is 188 g/mol. The fourth-order valence-electron chi connectivity index (χ4n) is 2.54. The van der Waals surface area contributed by atoms with Crippen LogP contribution in [0, 0.1) is 5.92 Å². The van der Waals surface area contributed by atoms with Crippen molar-refractivity contribution in [1.29, 1.82) is 0 Å². The van der Waals surface area contributed by atoms with Crippen LogP contribution in [-0.2, 0) is 4.79 Å². The van der Waals surface area contributed by atoms with Crippen LogP contribution in [0.2, 0.25) is 0 Å². The van der Waals surface area contributed by atoms with E-state index in [4.69, 9.17) is 5.73 Å². The Morgan fingerprint density at radius 3 is 2.33 bits per heavy atom. The van der Waals surface area contributed by atoms with Gasteiger partial charge in [0.2, 0.25) is 5.91 Å². The van der Waals surface area contributed by atoms with Crippen molar-refractivity contribution in [3.05, 3.63) is 0 Å². The Labute approximate surface area is 93.0 Å². The summed E-state index contributed by atoms with van der Waals surface area (Å²) in [6, 6.07) is 0.151. The number of nitrogens with two attached hydrogens (primary N) is 1. The zero-order valence-electron chi connectivity index (χ0n) is 10.4. The lowest BCUT2D eigenvalue weighted by Gasteiger charge is -2.33. The second kappa shape index (κ2) is 4.52. The molecule has 0 saturated carbocycles. The average molecular weight is 212 g/mol. The molecule has 1 atom stereocenters. The summed E-state index contributed by atoms with van der Waals surface area (Å²) in [6.45, 7) is 9.10. The number of hydrogen-bond acceptors (Lipinski definition) is 2. The molecule has 1 rings (SSSR count). The van der Waals surface area contributed by atoms with Crippen molar-refractivity contribution in [2.75, 3.05) is 6.54 Å². The van der Waals surface area contributed by atoms with Gasteiger partial charge in [0.05, 0.1) is 0 Å². The number of amides is 1. The van der Waals surface area contributed by atoms with Gasteiger partial charge >= 0.3 is 0 Å². The molecular formula is C12H24N2O. The maximum absolute atomic E-state index is 12.2. The molecule has 1 heterocycles. The van der Waals surface area contributed by atoms with Gasteiger partial charge in [0, 0.05) is 24.0 Å². The number of hydrogen-bond donors (Lipinski definition) is 1. The van der Waals surface area contributed by atoms with Crippen LogP contribution >= 0.6 is 0 Å². The summed E-state index contributed by atoms with van der Waals surface area (Å²) in [5.41, 5.74) is 5.87. The molecule has 0 bridgehead atoms. The fraction of sp³-hybridized carbons (Fsp3) is 0.917.